The molecule has 0 aromatic rings. The van der Waals surface area contributed by atoms with Crippen LogP contribution in [0.15, 0.2) is 0 Å². The first-order valence-electron chi connectivity index (χ1n) is 2.68. The van der Waals surface area contributed by atoms with Crippen LogP contribution in [0.3, 0.4) is 0 Å². The summed E-state index contributed by atoms with van der Waals surface area (Å²) in [6, 6.07) is 0.130. The molecular weight excluding hydrogens is 116 g/mol. The highest BCUT2D eigenvalue weighted by molar-refractivity contribution is 5.75. The lowest BCUT2D eigenvalue weighted by Crippen LogP contribution is -2.25. The van der Waals surface area contributed by atoms with Crippen LogP contribution in [-0.2, 0) is 0 Å². The van der Waals surface area contributed by atoms with Gasteiger partial charge in [0.05, 0.1) is 0 Å². The van der Waals surface area contributed by atoms with Gasteiger partial charge in [-0.25, -0.2) is 4.79 Å². The quantitative estimate of drug-likeness (QED) is 0.471. The molecule has 2 amide bonds. The molecule has 1 heterocycles. The van der Waals surface area contributed by atoms with Crippen molar-refractivity contribution in [1.29, 1.82) is 0 Å². The summed E-state index contributed by atoms with van der Waals surface area (Å²) in [5.74, 6) is 0. The van der Waals surface area contributed by atoms with E-state index in [0.717, 1.165) is 13.1 Å². The highest BCUT2D eigenvalue weighted by Gasteiger charge is 2.20. The first kappa shape index (κ1) is 8.27. The molecule has 1 saturated heterocycles. The van der Waals surface area contributed by atoms with E-state index in [0.29, 0.717) is 0 Å². The van der Waals surface area contributed by atoms with Gasteiger partial charge in [-0.05, 0) is 0 Å². The second-order valence-corrected chi connectivity index (χ2v) is 2.13. The molecule has 0 atom stereocenters. The molecule has 0 spiro atoms. The third-order valence-electron chi connectivity index (χ3n) is 1.42. The van der Waals surface area contributed by atoms with Gasteiger partial charge in [-0.1, -0.05) is 7.43 Å². The molecule has 1 fully saturated rings. The topological polar surface area (TPSA) is 23.6 Å². The lowest BCUT2D eigenvalue weighted by atomic mass is 10.6. The summed E-state index contributed by atoms with van der Waals surface area (Å²) in [7, 11) is 3.62. The molecule has 0 aromatic carbocycles. The fraction of sp³-hybridized carbons (Fsp3) is 0.833. The Morgan fingerprint density at radius 1 is 1.22 bits per heavy atom. The molecule has 0 N–H and O–H groups in total. The summed E-state index contributed by atoms with van der Waals surface area (Å²) >= 11 is 0. The fourth-order valence-corrected chi connectivity index (χ4v) is 0.783. The van der Waals surface area contributed by atoms with Crippen molar-refractivity contribution in [1.82, 2.24) is 9.80 Å². The van der Waals surface area contributed by atoms with Gasteiger partial charge >= 0.3 is 6.03 Å². The zero-order valence-electron chi connectivity index (χ0n) is 5.22. The van der Waals surface area contributed by atoms with Crippen LogP contribution in [-0.4, -0.2) is 43.0 Å². The predicted molar refractivity (Wildman–Crippen MR) is 37.4 cm³/mol. The lowest BCUT2D eigenvalue weighted by molar-refractivity contribution is 0.205. The summed E-state index contributed by atoms with van der Waals surface area (Å²) in [4.78, 5) is 14.2. The first-order valence-corrected chi connectivity index (χ1v) is 2.68. The minimum Gasteiger partial charge on any atom is -0.326 e. The largest absolute Gasteiger partial charge is 0.326 e. The fourth-order valence-electron chi connectivity index (χ4n) is 0.783. The van der Waals surface area contributed by atoms with Crippen molar-refractivity contribution < 1.29 is 4.79 Å². The Kier molecular flexibility index (Phi) is 2.49. The van der Waals surface area contributed by atoms with E-state index in [1.807, 2.05) is 14.1 Å². The molecule has 0 aromatic heterocycles. The number of rotatable bonds is 0. The molecule has 1 aliphatic heterocycles. The third kappa shape index (κ3) is 1.34. The number of hydrogen-bond donors (Lipinski definition) is 0. The van der Waals surface area contributed by atoms with Gasteiger partial charge in [0, 0.05) is 27.2 Å². The van der Waals surface area contributed by atoms with E-state index < -0.39 is 0 Å². The van der Waals surface area contributed by atoms with Crippen molar-refractivity contribution in [2.24, 2.45) is 0 Å². The maximum atomic E-state index is 10.8. The summed E-state index contributed by atoms with van der Waals surface area (Å²) in [5.41, 5.74) is 0. The molecule has 54 valence electrons. The van der Waals surface area contributed by atoms with Crippen LogP contribution in [0.4, 0.5) is 4.79 Å². The monoisotopic (exact) mass is 130 g/mol. The van der Waals surface area contributed by atoms with Crippen LogP contribution in [0.2, 0.25) is 0 Å². The highest BCUT2D eigenvalue weighted by atomic mass is 16.2. The van der Waals surface area contributed by atoms with Crippen LogP contribution in [0.25, 0.3) is 0 Å². The summed E-state index contributed by atoms with van der Waals surface area (Å²) in [6.07, 6.45) is 0. The molecule has 0 aliphatic carbocycles. The predicted octanol–water partition coefficient (Wildman–Crippen LogP) is 0.620. The number of carbonyl (C=O) groups excluding carboxylic acids is 1. The SMILES string of the molecule is C.CN1CCN(C)C1=O. The van der Waals surface area contributed by atoms with Crippen molar-refractivity contribution in [3.8, 4) is 0 Å². The van der Waals surface area contributed by atoms with Gasteiger partial charge in [-0.2, -0.15) is 0 Å². The van der Waals surface area contributed by atoms with Gasteiger partial charge in [-0.3, -0.25) is 0 Å². The number of urea groups is 1. The Labute approximate surface area is 56.2 Å². The Morgan fingerprint density at radius 2 is 1.56 bits per heavy atom. The molecule has 1 aliphatic rings. The normalized spacial score (nSPS) is 18.2. The smallest absolute Gasteiger partial charge is 0.319 e. The number of carbonyl (C=O) groups is 1. The van der Waals surface area contributed by atoms with E-state index in [-0.39, 0.29) is 13.5 Å². The molecule has 9 heavy (non-hydrogen) atoms. The Balaban J connectivity index is 0.000000640. The van der Waals surface area contributed by atoms with Crippen LogP contribution in [0.1, 0.15) is 7.43 Å². The summed E-state index contributed by atoms with van der Waals surface area (Å²) < 4.78 is 0. The van der Waals surface area contributed by atoms with Crippen LogP contribution in [0, 0.1) is 0 Å². The van der Waals surface area contributed by atoms with E-state index in [4.69, 9.17) is 0 Å². The Morgan fingerprint density at radius 3 is 1.67 bits per heavy atom. The minimum absolute atomic E-state index is 0. The molecule has 0 radical (unpaired) electrons. The highest BCUT2D eigenvalue weighted by Crippen LogP contribution is 2.00. The first-order chi connectivity index (χ1) is 3.72. The standard InChI is InChI=1S/C5H10N2O.CH4/c1-6-3-4-7(2)5(6)8;/h3-4H2,1-2H3;1H4. The average molecular weight is 130 g/mol. The minimum atomic E-state index is 0. The summed E-state index contributed by atoms with van der Waals surface area (Å²) in [6.45, 7) is 1.74. The van der Waals surface area contributed by atoms with Crippen molar-refractivity contribution in [2.45, 2.75) is 7.43 Å². The second-order valence-electron chi connectivity index (χ2n) is 2.13. The van der Waals surface area contributed by atoms with Gasteiger partial charge in [0.15, 0.2) is 0 Å². The van der Waals surface area contributed by atoms with Gasteiger partial charge in [0.25, 0.3) is 0 Å². The maximum absolute atomic E-state index is 10.8. The number of amides is 2. The third-order valence-corrected chi connectivity index (χ3v) is 1.42. The van der Waals surface area contributed by atoms with Crippen molar-refractivity contribution in [2.75, 3.05) is 27.2 Å². The Hall–Kier alpha value is -0.730. The Bertz CT molecular complexity index is 102. The number of likely N-dealkylation sites (N-methyl/N-ethyl adjacent to an activating group) is 2. The number of hydrogen-bond acceptors (Lipinski definition) is 1. The molecule has 3 nitrogen and oxygen atoms in total. The average Bonchev–Trinajstić information content (AvgIpc) is 1.98. The van der Waals surface area contributed by atoms with E-state index in [1.54, 1.807) is 9.80 Å². The molecule has 0 unspecified atom stereocenters. The molecular formula is C6H14N2O. The second kappa shape index (κ2) is 2.71. The van der Waals surface area contributed by atoms with E-state index >= 15 is 0 Å². The van der Waals surface area contributed by atoms with E-state index in [2.05, 4.69) is 0 Å². The molecule has 0 bridgehead atoms. The van der Waals surface area contributed by atoms with E-state index in [1.165, 1.54) is 0 Å². The zero-order chi connectivity index (χ0) is 6.15. The van der Waals surface area contributed by atoms with Gasteiger partial charge < -0.3 is 9.80 Å². The molecule has 0 saturated carbocycles. The van der Waals surface area contributed by atoms with Gasteiger partial charge in [0.1, 0.15) is 0 Å². The number of nitrogens with zero attached hydrogens (tertiary/aromatic N) is 2. The van der Waals surface area contributed by atoms with Crippen LogP contribution >= 0.6 is 0 Å². The van der Waals surface area contributed by atoms with E-state index in [9.17, 15) is 4.79 Å². The molecule has 1 rings (SSSR count). The van der Waals surface area contributed by atoms with Crippen LogP contribution in [0.5, 0.6) is 0 Å². The van der Waals surface area contributed by atoms with Gasteiger partial charge in [-0.15, -0.1) is 0 Å². The van der Waals surface area contributed by atoms with Gasteiger partial charge in [0.2, 0.25) is 0 Å². The van der Waals surface area contributed by atoms with Crippen molar-refractivity contribution in [3.63, 3.8) is 0 Å². The van der Waals surface area contributed by atoms with Crippen molar-refractivity contribution in [3.05, 3.63) is 0 Å². The lowest BCUT2D eigenvalue weighted by Gasteiger charge is -2.07. The maximum Gasteiger partial charge on any atom is 0.319 e. The van der Waals surface area contributed by atoms with Crippen molar-refractivity contribution >= 4 is 6.03 Å². The van der Waals surface area contributed by atoms with Crippen LogP contribution < -0.4 is 0 Å². The summed E-state index contributed by atoms with van der Waals surface area (Å²) in [5, 5.41) is 0. The molecule has 3 heteroatoms. The zero-order valence-corrected chi connectivity index (χ0v) is 5.22.